The largest absolute Gasteiger partial charge is 0.368 e. The summed E-state index contributed by atoms with van der Waals surface area (Å²) in [6.45, 7) is 2.82. The van der Waals surface area contributed by atoms with Gasteiger partial charge in [-0.25, -0.2) is 18.7 Å². The average molecular weight is 357 g/mol. The summed E-state index contributed by atoms with van der Waals surface area (Å²) in [5.74, 6) is -1.25. The molecule has 0 spiro atoms. The Morgan fingerprint density at radius 1 is 1.17 bits per heavy atom. The Balaban J connectivity index is 1.86. The van der Waals surface area contributed by atoms with Gasteiger partial charge >= 0.3 is 0 Å². The molecule has 0 radical (unpaired) electrons. The number of anilines is 1. The molecule has 1 N–H and O–H groups in total. The molecule has 0 atom stereocenters. The van der Waals surface area contributed by atoms with Gasteiger partial charge in [0.25, 0.3) is 0 Å². The van der Waals surface area contributed by atoms with Gasteiger partial charge in [0.2, 0.25) is 0 Å². The number of benzene rings is 1. The van der Waals surface area contributed by atoms with Gasteiger partial charge in [0.1, 0.15) is 17.3 Å². The molecule has 0 aliphatic carbocycles. The van der Waals surface area contributed by atoms with Crippen molar-refractivity contribution in [2.24, 2.45) is 0 Å². The topological polar surface area (TPSA) is 42.7 Å². The second-order valence-corrected chi connectivity index (χ2v) is 5.80. The van der Waals surface area contributed by atoms with E-state index in [0.717, 1.165) is 11.8 Å². The lowest BCUT2D eigenvalue weighted by molar-refractivity contribution is 0.517. The van der Waals surface area contributed by atoms with Crippen LogP contribution in [0.25, 0.3) is 10.9 Å². The molecule has 4 nitrogen and oxygen atoms in total. The Morgan fingerprint density at radius 3 is 2.70 bits per heavy atom. The first kappa shape index (κ1) is 16.0. The number of halogens is 4. The van der Waals surface area contributed by atoms with E-state index in [1.165, 1.54) is 6.33 Å². The predicted molar refractivity (Wildman–Crippen MR) is 87.1 cm³/mol. The molecule has 0 unspecified atom stereocenters. The van der Waals surface area contributed by atoms with Crippen molar-refractivity contribution in [2.45, 2.75) is 13.5 Å². The molecule has 8 heteroatoms. The number of hydrogen-bond donors (Lipinski definition) is 1. The van der Waals surface area contributed by atoms with Gasteiger partial charge in [-0.15, -0.1) is 0 Å². The molecule has 1 aromatic carbocycles. The van der Waals surface area contributed by atoms with Gasteiger partial charge in [0.05, 0.1) is 10.5 Å². The molecule has 2 heterocycles. The van der Waals surface area contributed by atoms with Crippen molar-refractivity contribution in [1.82, 2.24) is 14.5 Å². The zero-order valence-corrected chi connectivity index (χ0v) is 13.6. The Kier molecular flexibility index (Phi) is 4.37. The summed E-state index contributed by atoms with van der Waals surface area (Å²) in [5.41, 5.74) is 1.26. The lowest BCUT2D eigenvalue weighted by Crippen LogP contribution is -2.12. The number of aromatic nitrogens is 3. The second-order valence-electron chi connectivity index (χ2n) is 5.01. The summed E-state index contributed by atoms with van der Waals surface area (Å²) in [6.07, 6.45) is 1.36. The first-order valence-electron chi connectivity index (χ1n) is 6.82. The first-order valence-corrected chi connectivity index (χ1v) is 7.57. The van der Waals surface area contributed by atoms with Gasteiger partial charge in [-0.2, -0.15) is 0 Å². The summed E-state index contributed by atoms with van der Waals surface area (Å²) < 4.78 is 29.2. The van der Waals surface area contributed by atoms with E-state index in [0.29, 0.717) is 29.6 Å². The maximum Gasteiger partial charge on any atom is 0.168 e. The molecule has 23 heavy (non-hydrogen) atoms. The number of fused-ring (bicyclic) bond motifs is 1. The van der Waals surface area contributed by atoms with Crippen LogP contribution < -0.4 is 5.32 Å². The molecule has 0 aliphatic heterocycles. The minimum absolute atomic E-state index is 0.178. The van der Waals surface area contributed by atoms with E-state index in [2.05, 4.69) is 15.3 Å². The fourth-order valence-corrected chi connectivity index (χ4v) is 2.93. The third-order valence-electron chi connectivity index (χ3n) is 3.51. The molecule has 3 rings (SSSR count). The van der Waals surface area contributed by atoms with Gasteiger partial charge in [-0.1, -0.05) is 23.2 Å². The van der Waals surface area contributed by atoms with Crippen molar-refractivity contribution >= 4 is 39.9 Å². The third kappa shape index (κ3) is 3.09. The van der Waals surface area contributed by atoms with Gasteiger partial charge in [0.15, 0.2) is 11.6 Å². The minimum Gasteiger partial charge on any atom is -0.368 e. The second kappa shape index (κ2) is 6.29. The van der Waals surface area contributed by atoms with Crippen LogP contribution in [0.3, 0.4) is 0 Å². The fraction of sp³-hybridized carbons (Fsp3) is 0.200. The highest BCUT2D eigenvalue weighted by molar-refractivity contribution is 6.35. The summed E-state index contributed by atoms with van der Waals surface area (Å²) >= 11 is 11.9. The molecule has 0 saturated heterocycles. The number of hydrogen-bond acceptors (Lipinski definition) is 3. The molecule has 0 bridgehead atoms. The quantitative estimate of drug-likeness (QED) is 0.555. The van der Waals surface area contributed by atoms with E-state index in [-0.39, 0.29) is 10.4 Å². The van der Waals surface area contributed by atoms with Crippen molar-refractivity contribution < 1.29 is 8.78 Å². The van der Waals surface area contributed by atoms with Gasteiger partial charge < -0.3 is 9.88 Å². The van der Waals surface area contributed by atoms with Crippen LogP contribution in [0.1, 0.15) is 5.69 Å². The van der Waals surface area contributed by atoms with Crippen LogP contribution in [0.2, 0.25) is 10.2 Å². The smallest absolute Gasteiger partial charge is 0.168 e. The number of aryl methyl sites for hydroxylation is 1. The molecule has 3 aromatic rings. The molecular formula is C15H12Cl2F2N4. The minimum atomic E-state index is -0.951. The molecule has 0 fully saturated rings. The Hall–Kier alpha value is -1.92. The maximum absolute atomic E-state index is 13.9. The van der Waals surface area contributed by atoms with Crippen LogP contribution >= 0.6 is 23.2 Å². The highest BCUT2D eigenvalue weighted by atomic mass is 35.5. The number of nitrogens with zero attached hydrogens (tertiary/aromatic N) is 3. The number of nitrogens with one attached hydrogen (secondary N) is 1. The van der Waals surface area contributed by atoms with Crippen LogP contribution in [0.4, 0.5) is 14.6 Å². The van der Waals surface area contributed by atoms with Crippen LogP contribution in [0, 0.1) is 18.6 Å². The summed E-state index contributed by atoms with van der Waals surface area (Å²) in [6, 6.07) is 4.18. The van der Waals surface area contributed by atoms with Gasteiger partial charge in [-0.3, -0.25) is 0 Å². The Morgan fingerprint density at radius 2 is 1.96 bits per heavy atom. The highest BCUT2D eigenvalue weighted by Crippen LogP contribution is 2.31. The van der Waals surface area contributed by atoms with Crippen molar-refractivity contribution in [2.75, 3.05) is 11.9 Å². The van der Waals surface area contributed by atoms with Crippen molar-refractivity contribution in [3.63, 3.8) is 0 Å². The molecule has 0 amide bonds. The third-order valence-corrected chi connectivity index (χ3v) is 4.00. The van der Waals surface area contributed by atoms with E-state index in [1.807, 2.05) is 11.5 Å². The normalized spacial score (nSPS) is 11.2. The molecule has 2 aromatic heterocycles. The molecule has 0 saturated carbocycles. The SMILES string of the molecule is Cc1cc2c(F)c(F)cc(Cl)c2n1CCNc1cc(Cl)ncn1. The standard InChI is InChI=1S/C15H12Cl2F2N4/c1-8-4-9-14(19)11(18)5-10(16)15(9)23(8)3-2-20-13-6-12(17)21-7-22-13/h4-7H,2-3H2,1H3,(H,20,21,22). The van der Waals surface area contributed by atoms with E-state index in [4.69, 9.17) is 23.2 Å². The van der Waals surface area contributed by atoms with Crippen LogP contribution in [-0.2, 0) is 6.54 Å². The summed E-state index contributed by atoms with van der Waals surface area (Å²) in [5, 5.41) is 3.79. The van der Waals surface area contributed by atoms with E-state index < -0.39 is 11.6 Å². The Labute approximate surface area is 141 Å². The first-order chi connectivity index (χ1) is 11.0. The lowest BCUT2D eigenvalue weighted by atomic mass is 10.2. The van der Waals surface area contributed by atoms with Crippen LogP contribution in [-0.4, -0.2) is 21.1 Å². The van der Waals surface area contributed by atoms with Gasteiger partial charge in [0, 0.05) is 30.2 Å². The molecular weight excluding hydrogens is 345 g/mol. The molecule has 120 valence electrons. The zero-order chi connectivity index (χ0) is 16.6. The van der Waals surface area contributed by atoms with E-state index in [1.54, 1.807) is 12.1 Å². The van der Waals surface area contributed by atoms with Gasteiger partial charge in [-0.05, 0) is 19.1 Å². The van der Waals surface area contributed by atoms with Crippen LogP contribution in [0.5, 0.6) is 0 Å². The van der Waals surface area contributed by atoms with Crippen molar-refractivity contribution in [3.8, 4) is 0 Å². The van der Waals surface area contributed by atoms with Crippen molar-refractivity contribution in [1.29, 1.82) is 0 Å². The monoisotopic (exact) mass is 356 g/mol. The van der Waals surface area contributed by atoms with E-state index >= 15 is 0 Å². The van der Waals surface area contributed by atoms with Crippen LogP contribution in [0.15, 0.2) is 24.5 Å². The lowest BCUT2D eigenvalue weighted by Gasteiger charge is -2.11. The zero-order valence-electron chi connectivity index (χ0n) is 12.1. The highest BCUT2D eigenvalue weighted by Gasteiger charge is 2.16. The summed E-state index contributed by atoms with van der Waals surface area (Å²) in [7, 11) is 0. The average Bonchev–Trinajstić information content (AvgIpc) is 2.83. The van der Waals surface area contributed by atoms with Crippen molar-refractivity contribution in [3.05, 3.63) is 52.0 Å². The molecule has 0 aliphatic rings. The Bertz CT molecular complexity index is 880. The van der Waals surface area contributed by atoms with E-state index in [9.17, 15) is 8.78 Å². The summed E-state index contributed by atoms with van der Waals surface area (Å²) in [4.78, 5) is 7.83. The maximum atomic E-state index is 13.9. The number of rotatable bonds is 4. The predicted octanol–water partition coefficient (Wildman–Crippen LogP) is 4.44. The fourth-order valence-electron chi connectivity index (χ4n) is 2.49.